The van der Waals surface area contributed by atoms with Crippen molar-refractivity contribution in [3.63, 3.8) is 0 Å². The Hall–Kier alpha value is -0.830. The van der Waals surface area contributed by atoms with Crippen molar-refractivity contribution in [3.8, 4) is 0 Å². The topological polar surface area (TPSA) is 29.5 Å². The van der Waals surface area contributed by atoms with Gasteiger partial charge in [0.1, 0.15) is 6.10 Å². The standard InChI is InChI=1S/C22H35NO2/c1-14-7-6-9-17(23(14)3)11-12-19-18-10-5-4-8-16(18)13-20-21(19)15(2)25-22(20)24/h11-12,14-21H,4-10,13H2,1-3H3/b12-11+/t14-,15-,16?,17+,18-,19+,20?,21?/m0/s1. The summed E-state index contributed by atoms with van der Waals surface area (Å²) in [6, 6.07) is 1.25. The van der Waals surface area contributed by atoms with E-state index in [9.17, 15) is 4.79 Å². The number of cyclic esters (lactones) is 1. The van der Waals surface area contributed by atoms with Gasteiger partial charge in [-0.05, 0) is 64.3 Å². The van der Waals surface area contributed by atoms with E-state index in [0.29, 0.717) is 23.9 Å². The van der Waals surface area contributed by atoms with E-state index in [1.807, 2.05) is 0 Å². The molecule has 3 heteroatoms. The highest BCUT2D eigenvalue weighted by molar-refractivity contribution is 5.75. The van der Waals surface area contributed by atoms with E-state index in [1.54, 1.807) is 0 Å². The maximum Gasteiger partial charge on any atom is 0.309 e. The van der Waals surface area contributed by atoms with Gasteiger partial charge in [0.15, 0.2) is 0 Å². The predicted octanol–water partition coefficient (Wildman–Crippen LogP) is 4.42. The van der Waals surface area contributed by atoms with Crippen LogP contribution in [-0.2, 0) is 9.53 Å². The van der Waals surface area contributed by atoms with Crippen LogP contribution in [0.15, 0.2) is 12.2 Å². The van der Waals surface area contributed by atoms with E-state index >= 15 is 0 Å². The fourth-order valence-corrected chi connectivity index (χ4v) is 6.43. The first kappa shape index (κ1) is 17.6. The Labute approximate surface area is 153 Å². The Morgan fingerprint density at radius 3 is 2.68 bits per heavy atom. The summed E-state index contributed by atoms with van der Waals surface area (Å²) < 4.78 is 5.69. The normalized spacial score (nSPS) is 48.2. The van der Waals surface area contributed by atoms with Crippen LogP contribution in [0.4, 0.5) is 0 Å². The van der Waals surface area contributed by atoms with Gasteiger partial charge in [-0.25, -0.2) is 0 Å². The largest absolute Gasteiger partial charge is 0.462 e. The zero-order valence-corrected chi connectivity index (χ0v) is 16.2. The number of hydrogen-bond acceptors (Lipinski definition) is 3. The summed E-state index contributed by atoms with van der Waals surface area (Å²) in [5.41, 5.74) is 0. The third-order valence-electron chi connectivity index (χ3n) is 7.97. The average Bonchev–Trinajstić information content (AvgIpc) is 2.89. The summed E-state index contributed by atoms with van der Waals surface area (Å²) in [5.74, 6) is 2.71. The third kappa shape index (κ3) is 3.18. The van der Waals surface area contributed by atoms with Crippen LogP contribution in [0.2, 0.25) is 0 Å². The van der Waals surface area contributed by atoms with Gasteiger partial charge in [-0.15, -0.1) is 0 Å². The first-order valence-electron chi connectivity index (χ1n) is 10.7. The molecular formula is C22H35NO2. The molecule has 4 rings (SSSR count). The second-order valence-corrected chi connectivity index (χ2v) is 9.24. The van der Waals surface area contributed by atoms with E-state index < -0.39 is 0 Å². The monoisotopic (exact) mass is 345 g/mol. The van der Waals surface area contributed by atoms with Gasteiger partial charge in [-0.3, -0.25) is 9.69 Å². The summed E-state index contributed by atoms with van der Waals surface area (Å²) in [6.07, 6.45) is 15.5. The average molecular weight is 346 g/mol. The zero-order valence-electron chi connectivity index (χ0n) is 16.2. The number of hydrogen-bond donors (Lipinski definition) is 0. The Morgan fingerprint density at radius 1 is 1.04 bits per heavy atom. The number of esters is 1. The van der Waals surface area contributed by atoms with Crippen molar-refractivity contribution in [2.75, 3.05) is 7.05 Å². The number of carbonyl (C=O) groups is 1. The van der Waals surface area contributed by atoms with E-state index in [1.165, 1.54) is 44.9 Å². The molecule has 0 radical (unpaired) electrons. The van der Waals surface area contributed by atoms with Gasteiger partial charge in [0, 0.05) is 18.0 Å². The quantitative estimate of drug-likeness (QED) is 0.548. The van der Waals surface area contributed by atoms with Crippen LogP contribution in [0.25, 0.3) is 0 Å². The van der Waals surface area contributed by atoms with Crippen molar-refractivity contribution in [3.05, 3.63) is 12.2 Å². The number of nitrogens with zero attached hydrogens (tertiary/aromatic N) is 1. The van der Waals surface area contributed by atoms with Gasteiger partial charge in [-0.1, -0.05) is 37.8 Å². The summed E-state index contributed by atoms with van der Waals surface area (Å²) in [6.45, 7) is 4.47. The Bertz CT molecular complexity index is 530. The predicted molar refractivity (Wildman–Crippen MR) is 100 cm³/mol. The molecule has 2 saturated heterocycles. The number of fused-ring (bicyclic) bond motifs is 2. The van der Waals surface area contributed by atoms with Crippen molar-refractivity contribution in [1.82, 2.24) is 4.90 Å². The summed E-state index contributed by atoms with van der Waals surface area (Å²) in [4.78, 5) is 14.9. The molecule has 2 aliphatic carbocycles. The van der Waals surface area contributed by atoms with Crippen LogP contribution >= 0.6 is 0 Å². The number of allylic oxidation sites excluding steroid dienone is 1. The fraction of sp³-hybridized carbons (Fsp3) is 0.864. The van der Waals surface area contributed by atoms with Crippen LogP contribution in [0, 0.1) is 29.6 Å². The molecule has 0 bridgehead atoms. The molecule has 0 aromatic rings. The van der Waals surface area contributed by atoms with Crippen LogP contribution in [-0.4, -0.2) is 36.1 Å². The van der Waals surface area contributed by atoms with Gasteiger partial charge in [0.2, 0.25) is 0 Å². The van der Waals surface area contributed by atoms with Crippen molar-refractivity contribution < 1.29 is 9.53 Å². The molecule has 0 aromatic heterocycles. The maximum absolute atomic E-state index is 12.4. The minimum atomic E-state index is 0.0864. The molecule has 0 N–H and O–H groups in total. The molecule has 2 heterocycles. The van der Waals surface area contributed by atoms with Gasteiger partial charge in [-0.2, -0.15) is 0 Å². The van der Waals surface area contributed by atoms with Crippen molar-refractivity contribution in [1.29, 1.82) is 0 Å². The molecule has 3 nitrogen and oxygen atoms in total. The number of rotatable bonds is 2. The highest BCUT2D eigenvalue weighted by atomic mass is 16.6. The van der Waals surface area contributed by atoms with Crippen LogP contribution in [0.5, 0.6) is 0 Å². The second-order valence-electron chi connectivity index (χ2n) is 9.24. The number of carbonyl (C=O) groups excluding carboxylic acids is 1. The second kappa shape index (κ2) is 7.06. The maximum atomic E-state index is 12.4. The van der Waals surface area contributed by atoms with E-state index in [4.69, 9.17) is 4.74 Å². The summed E-state index contributed by atoms with van der Waals surface area (Å²) in [5, 5.41) is 0. The number of piperidine rings is 1. The van der Waals surface area contributed by atoms with Gasteiger partial charge >= 0.3 is 5.97 Å². The van der Waals surface area contributed by atoms with Crippen molar-refractivity contribution in [2.45, 2.75) is 83.4 Å². The smallest absolute Gasteiger partial charge is 0.309 e. The lowest BCUT2D eigenvalue weighted by Gasteiger charge is -2.46. The first-order valence-corrected chi connectivity index (χ1v) is 10.7. The molecule has 4 aliphatic rings. The van der Waals surface area contributed by atoms with Crippen LogP contribution < -0.4 is 0 Å². The Morgan fingerprint density at radius 2 is 1.84 bits per heavy atom. The van der Waals surface area contributed by atoms with Crippen molar-refractivity contribution in [2.24, 2.45) is 29.6 Å². The lowest BCUT2D eigenvalue weighted by molar-refractivity contribution is -0.144. The molecule has 0 aromatic carbocycles. The fourth-order valence-electron chi connectivity index (χ4n) is 6.43. The van der Waals surface area contributed by atoms with Gasteiger partial charge < -0.3 is 4.74 Å². The SMILES string of the molecule is C[C@@H]1OC(=O)C2CC3CCCC[C@@H]3[C@@H](/C=C/[C@H]3CCC[C@H](C)N3C)C21. The van der Waals surface area contributed by atoms with E-state index in [2.05, 4.69) is 37.9 Å². The zero-order chi connectivity index (χ0) is 17.6. The number of likely N-dealkylation sites (N-methyl/N-ethyl adjacent to an activating group) is 1. The molecule has 25 heavy (non-hydrogen) atoms. The minimum absolute atomic E-state index is 0.0864. The molecule has 0 amide bonds. The van der Waals surface area contributed by atoms with Crippen LogP contribution in [0.3, 0.4) is 0 Å². The lowest BCUT2D eigenvalue weighted by Crippen LogP contribution is -2.44. The highest BCUT2D eigenvalue weighted by Gasteiger charge is 2.53. The Kier molecular flexibility index (Phi) is 4.96. The Balaban J connectivity index is 1.57. The molecular weight excluding hydrogens is 310 g/mol. The van der Waals surface area contributed by atoms with Crippen molar-refractivity contribution >= 4 is 5.97 Å². The number of ether oxygens (including phenoxy) is 1. The van der Waals surface area contributed by atoms with Gasteiger partial charge in [0.25, 0.3) is 0 Å². The van der Waals surface area contributed by atoms with E-state index in [-0.39, 0.29) is 18.0 Å². The molecule has 2 aliphatic heterocycles. The lowest BCUT2D eigenvalue weighted by atomic mass is 9.57. The third-order valence-corrected chi connectivity index (χ3v) is 7.97. The molecule has 3 unspecified atom stereocenters. The molecule has 0 spiro atoms. The summed E-state index contributed by atoms with van der Waals surface area (Å²) >= 11 is 0. The van der Waals surface area contributed by atoms with Crippen LogP contribution in [0.1, 0.15) is 65.2 Å². The van der Waals surface area contributed by atoms with Gasteiger partial charge in [0.05, 0.1) is 5.92 Å². The molecule has 140 valence electrons. The molecule has 4 fully saturated rings. The highest BCUT2D eigenvalue weighted by Crippen LogP contribution is 2.53. The molecule has 8 atom stereocenters. The molecule has 2 saturated carbocycles. The minimum Gasteiger partial charge on any atom is -0.462 e. The number of likely N-dealkylation sites (tertiary alicyclic amines) is 1. The summed E-state index contributed by atoms with van der Waals surface area (Å²) in [7, 11) is 2.27. The first-order chi connectivity index (χ1) is 12.1. The van der Waals surface area contributed by atoms with E-state index in [0.717, 1.165) is 18.3 Å².